The molecule has 1 rings (SSSR count). The minimum absolute atomic E-state index is 0.0679. The maximum Gasteiger partial charge on any atom is 0.233 e. The van der Waals surface area contributed by atoms with Crippen LogP contribution in [0.1, 0.15) is 32.0 Å². The summed E-state index contributed by atoms with van der Waals surface area (Å²) in [6.07, 6.45) is 1.08. The second kappa shape index (κ2) is 6.23. The molecular formula is C12H19N3O. The van der Waals surface area contributed by atoms with E-state index in [0.717, 1.165) is 24.2 Å². The van der Waals surface area contributed by atoms with Crippen LogP contribution in [0.2, 0.25) is 0 Å². The Morgan fingerprint density at radius 2 is 2.25 bits per heavy atom. The molecule has 1 N–H and O–H groups in total. The number of ether oxygens (including phenoxy) is 1. The Morgan fingerprint density at radius 1 is 1.50 bits per heavy atom. The zero-order valence-corrected chi connectivity index (χ0v) is 10.2. The van der Waals surface area contributed by atoms with E-state index in [9.17, 15) is 0 Å². The van der Waals surface area contributed by atoms with Gasteiger partial charge in [-0.3, -0.25) is 0 Å². The molecule has 4 heteroatoms. The van der Waals surface area contributed by atoms with Gasteiger partial charge >= 0.3 is 0 Å². The molecule has 0 aliphatic carbocycles. The molecule has 0 bridgehead atoms. The number of hydrogen-bond donors (Lipinski definition) is 1. The molecule has 1 atom stereocenters. The van der Waals surface area contributed by atoms with E-state index in [0.29, 0.717) is 5.88 Å². The van der Waals surface area contributed by atoms with Gasteiger partial charge in [-0.15, -0.1) is 10.2 Å². The highest BCUT2D eigenvalue weighted by atomic mass is 16.5. The second-order valence-electron chi connectivity index (χ2n) is 3.73. The minimum atomic E-state index is 0.0679. The van der Waals surface area contributed by atoms with E-state index in [1.165, 1.54) is 0 Å². The molecule has 0 spiro atoms. The summed E-state index contributed by atoms with van der Waals surface area (Å²) in [5.74, 6) is 0.528. The van der Waals surface area contributed by atoms with Crippen molar-refractivity contribution in [2.24, 2.45) is 0 Å². The highest BCUT2D eigenvalue weighted by Crippen LogP contribution is 2.18. The van der Waals surface area contributed by atoms with Gasteiger partial charge in [-0.05, 0) is 26.0 Å². The topological polar surface area (TPSA) is 47.0 Å². The Morgan fingerprint density at radius 3 is 2.69 bits per heavy atom. The molecule has 0 saturated heterocycles. The van der Waals surface area contributed by atoms with Crippen molar-refractivity contribution in [1.29, 1.82) is 0 Å². The third-order valence-electron chi connectivity index (χ3n) is 2.26. The predicted octanol–water partition coefficient (Wildman–Crippen LogP) is 2.10. The zero-order chi connectivity index (χ0) is 12.0. The van der Waals surface area contributed by atoms with Gasteiger partial charge < -0.3 is 10.1 Å². The molecule has 0 amide bonds. The molecule has 0 aromatic carbocycles. The largest absolute Gasteiger partial charge is 0.480 e. The summed E-state index contributed by atoms with van der Waals surface area (Å²) >= 11 is 0. The van der Waals surface area contributed by atoms with Crippen molar-refractivity contribution in [2.45, 2.75) is 26.3 Å². The summed E-state index contributed by atoms with van der Waals surface area (Å²) in [5, 5.41) is 11.5. The number of methoxy groups -OCH3 is 1. The van der Waals surface area contributed by atoms with Gasteiger partial charge in [0.25, 0.3) is 0 Å². The van der Waals surface area contributed by atoms with Crippen LogP contribution >= 0.6 is 0 Å². The number of nitrogens with zero attached hydrogens (tertiary/aromatic N) is 2. The van der Waals surface area contributed by atoms with Crippen molar-refractivity contribution in [3.63, 3.8) is 0 Å². The van der Waals surface area contributed by atoms with Gasteiger partial charge in [-0.1, -0.05) is 19.1 Å². The van der Waals surface area contributed by atoms with E-state index < -0.39 is 0 Å². The predicted molar refractivity (Wildman–Crippen MR) is 64.4 cm³/mol. The maximum absolute atomic E-state index is 4.97. The number of aromatic nitrogens is 2. The van der Waals surface area contributed by atoms with Gasteiger partial charge in [0, 0.05) is 6.07 Å². The van der Waals surface area contributed by atoms with Crippen LogP contribution in [-0.4, -0.2) is 23.9 Å². The van der Waals surface area contributed by atoms with E-state index in [1.807, 2.05) is 19.1 Å². The highest BCUT2D eigenvalue weighted by molar-refractivity contribution is 5.20. The van der Waals surface area contributed by atoms with E-state index in [1.54, 1.807) is 7.11 Å². The fourth-order valence-electron chi connectivity index (χ4n) is 1.41. The molecule has 0 radical (unpaired) electrons. The molecule has 4 nitrogen and oxygen atoms in total. The van der Waals surface area contributed by atoms with Crippen molar-refractivity contribution in [3.05, 3.63) is 30.0 Å². The summed E-state index contributed by atoms with van der Waals surface area (Å²) in [6.45, 7) is 9.01. The zero-order valence-electron chi connectivity index (χ0n) is 10.2. The second-order valence-corrected chi connectivity index (χ2v) is 3.73. The first-order chi connectivity index (χ1) is 7.69. The lowest BCUT2D eigenvalue weighted by Crippen LogP contribution is -2.24. The molecule has 0 aliphatic rings. The smallest absolute Gasteiger partial charge is 0.233 e. The fraction of sp³-hybridized carbons (Fsp3) is 0.500. The Hall–Kier alpha value is -1.42. The molecule has 0 aliphatic heterocycles. The van der Waals surface area contributed by atoms with Crippen LogP contribution in [0, 0.1) is 0 Å². The average Bonchev–Trinajstić information content (AvgIpc) is 2.30. The molecule has 1 aromatic heterocycles. The SMILES string of the molecule is C=C(C)C(NCCC)c1ccc(OC)nn1. The molecule has 88 valence electrons. The summed E-state index contributed by atoms with van der Waals surface area (Å²) in [5.41, 5.74) is 1.91. The summed E-state index contributed by atoms with van der Waals surface area (Å²) in [6, 6.07) is 3.79. The van der Waals surface area contributed by atoms with Crippen LogP contribution in [0.5, 0.6) is 5.88 Å². The first kappa shape index (κ1) is 12.6. The Balaban J connectivity index is 2.79. The van der Waals surface area contributed by atoms with Crippen LogP contribution in [0.3, 0.4) is 0 Å². The lowest BCUT2D eigenvalue weighted by molar-refractivity contribution is 0.390. The molecular weight excluding hydrogens is 202 g/mol. The van der Waals surface area contributed by atoms with Crippen LogP contribution in [-0.2, 0) is 0 Å². The number of rotatable bonds is 6. The van der Waals surface area contributed by atoms with E-state index in [4.69, 9.17) is 4.74 Å². The van der Waals surface area contributed by atoms with Crippen molar-refractivity contribution in [1.82, 2.24) is 15.5 Å². The summed E-state index contributed by atoms with van der Waals surface area (Å²) < 4.78 is 4.97. The molecule has 1 heterocycles. The highest BCUT2D eigenvalue weighted by Gasteiger charge is 2.13. The Kier molecular flexibility index (Phi) is 4.92. The molecule has 1 unspecified atom stereocenters. The van der Waals surface area contributed by atoms with Gasteiger partial charge in [0.2, 0.25) is 5.88 Å². The number of hydrogen-bond acceptors (Lipinski definition) is 4. The normalized spacial score (nSPS) is 12.2. The van der Waals surface area contributed by atoms with Crippen molar-refractivity contribution < 1.29 is 4.74 Å². The standard InChI is InChI=1S/C12H19N3O/c1-5-8-13-12(9(2)3)10-6-7-11(16-4)15-14-10/h6-7,12-13H,2,5,8H2,1,3-4H3. The molecule has 0 saturated carbocycles. The first-order valence-corrected chi connectivity index (χ1v) is 5.45. The van der Waals surface area contributed by atoms with Gasteiger partial charge in [-0.25, -0.2) is 0 Å². The maximum atomic E-state index is 4.97. The Labute approximate surface area is 96.7 Å². The minimum Gasteiger partial charge on any atom is -0.480 e. The van der Waals surface area contributed by atoms with Crippen LogP contribution < -0.4 is 10.1 Å². The fourth-order valence-corrected chi connectivity index (χ4v) is 1.41. The van der Waals surface area contributed by atoms with Crippen LogP contribution in [0.4, 0.5) is 0 Å². The van der Waals surface area contributed by atoms with Gasteiger partial charge in [0.1, 0.15) is 0 Å². The van der Waals surface area contributed by atoms with Crippen molar-refractivity contribution >= 4 is 0 Å². The van der Waals surface area contributed by atoms with E-state index >= 15 is 0 Å². The lowest BCUT2D eigenvalue weighted by Gasteiger charge is -2.17. The molecule has 1 aromatic rings. The Bertz CT molecular complexity index is 335. The molecule has 0 fully saturated rings. The third kappa shape index (κ3) is 3.31. The van der Waals surface area contributed by atoms with Crippen LogP contribution in [0.25, 0.3) is 0 Å². The summed E-state index contributed by atoms with van der Waals surface area (Å²) in [4.78, 5) is 0. The van der Waals surface area contributed by atoms with E-state index in [2.05, 4.69) is 29.0 Å². The van der Waals surface area contributed by atoms with E-state index in [-0.39, 0.29) is 6.04 Å². The average molecular weight is 221 g/mol. The van der Waals surface area contributed by atoms with Gasteiger partial charge in [-0.2, -0.15) is 0 Å². The van der Waals surface area contributed by atoms with Gasteiger partial charge in [0.15, 0.2) is 0 Å². The number of nitrogens with one attached hydrogen (secondary N) is 1. The lowest BCUT2D eigenvalue weighted by atomic mass is 10.1. The first-order valence-electron chi connectivity index (χ1n) is 5.45. The van der Waals surface area contributed by atoms with Crippen molar-refractivity contribution in [2.75, 3.05) is 13.7 Å². The molecule has 16 heavy (non-hydrogen) atoms. The summed E-state index contributed by atoms with van der Waals surface area (Å²) in [7, 11) is 1.58. The van der Waals surface area contributed by atoms with Crippen LogP contribution in [0.15, 0.2) is 24.3 Å². The van der Waals surface area contributed by atoms with Gasteiger partial charge in [0.05, 0.1) is 18.8 Å². The monoisotopic (exact) mass is 221 g/mol. The quantitative estimate of drug-likeness (QED) is 0.747. The van der Waals surface area contributed by atoms with Crippen molar-refractivity contribution in [3.8, 4) is 5.88 Å². The third-order valence-corrected chi connectivity index (χ3v) is 2.26.